The Labute approximate surface area is 135 Å². The number of para-hydroxylation sites is 2. The molecular weight excluding hydrogens is 284 g/mol. The zero-order valence-electron chi connectivity index (χ0n) is 12.9. The summed E-state index contributed by atoms with van der Waals surface area (Å²) in [7, 11) is 0. The van der Waals surface area contributed by atoms with Crippen molar-refractivity contribution in [2.45, 2.75) is 6.92 Å². The van der Waals surface area contributed by atoms with Crippen LogP contribution in [0.4, 0.5) is 17.1 Å². The largest absolute Gasteiger partial charge is 0.397 e. The lowest BCUT2D eigenvalue weighted by atomic mass is 10.0. The molecule has 0 saturated carbocycles. The van der Waals surface area contributed by atoms with Gasteiger partial charge in [-0.2, -0.15) is 0 Å². The van der Waals surface area contributed by atoms with E-state index in [0.717, 1.165) is 16.9 Å². The number of rotatable bonds is 4. The van der Waals surface area contributed by atoms with Gasteiger partial charge in [0.05, 0.1) is 11.4 Å². The summed E-state index contributed by atoms with van der Waals surface area (Å²) in [5.74, 6) is 0.0273. The quantitative estimate of drug-likeness (QED) is 0.549. The summed E-state index contributed by atoms with van der Waals surface area (Å²) in [6, 6.07) is 22.6. The number of carbonyl (C=O) groups excluding carboxylic acids is 1. The Balaban J connectivity index is 1.87. The van der Waals surface area contributed by atoms with Crippen molar-refractivity contribution in [2.24, 2.45) is 0 Å². The molecular formula is C20H18N2O. The lowest BCUT2D eigenvalue weighted by Crippen LogP contribution is -2.03. The third kappa shape index (κ3) is 3.24. The molecule has 0 heterocycles. The number of anilines is 3. The van der Waals surface area contributed by atoms with Crippen LogP contribution in [-0.2, 0) is 0 Å². The number of benzene rings is 3. The van der Waals surface area contributed by atoms with E-state index in [2.05, 4.69) is 5.32 Å². The predicted molar refractivity (Wildman–Crippen MR) is 95.2 cm³/mol. The van der Waals surface area contributed by atoms with E-state index in [-0.39, 0.29) is 5.78 Å². The summed E-state index contributed by atoms with van der Waals surface area (Å²) in [5, 5.41) is 3.31. The molecule has 0 fully saturated rings. The first kappa shape index (κ1) is 14.9. The highest BCUT2D eigenvalue weighted by Crippen LogP contribution is 2.26. The van der Waals surface area contributed by atoms with E-state index in [0.29, 0.717) is 16.8 Å². The molecule has 0 aliphatic carbocycles. The maximum atomic E-state index is 12.5. The molecule has 0 aromatic heterocycles. The van der Waals surface area contributed by atoms with Crippen LogP contribution in [0.5, 0.6) is 0 Å². The van der Waals surface area contributed by atoms with Crippen LogP contribution in [-0.4, -0.2) is 5.78 Å². The van der Waals surface area contributed by atoms with Crippen molar-refractivity contribution in [2.75, 3.05) is 11.1 Å². The molecule has 0 bridgehead atoms. The Morgan fingerprint density at radius 2 is 1.52 bits per heavy atom. The van der Waals surface area contributed by atoms with E-state index in [1.807, 2.05) is 79.7 Å². The third-order valence-corrected chi connectivity index (χ3v) is 3.75. The number of carbonyl (C=O) groups is 1. The average Bonchev–Trinajstić information content (AvgIpc) is 2.58. The number of nitrogen functional groups attached to an aromatic ring is 1. The van der Waals surface area contributed by atoms with E-state index in [1.54, 1.807) is 0 Å². The van der Waals surface area contributed by atoms with Gasteiger partial charge in [0.1, 0.15) is 0 Å². The highest BCUT2D eigenvalue weighted by atomic mass is 16.1. The fraction of sp³-hybridized carbons (Fsp3) is 0.0500. The van der Waals surface area contributed by atoms with E-state index in [4.69, 9.17) is 5.73 Å². The summed E-state index contributed by atoms with van der Waals surface area (Å²) in [4.78, 5) is 12.5. The minimum atomic E-state index is 0.0273. The Morgan fingerprint density at radius 3 is 2.22 bits per heavy atom. The van der Waals surface area contributed by atoms with Gasteiger partial charge in [-0.15, -0.1) is 0 Å². The van der Waals surface area contributed by atoms with Crippen LogP contribution in [0, 0.1) is 6.92 Å². The molecule has 3 N–H and O–H groups in total. The van der Waals surface area contributed by atoms with Gasteiger partial charge in [0.2, 0.25) is 0 Å². The van der Waals surface area contributed by atoms with Crippen LogP contribution in [0.2, 0.25) is 0 Å². The fourth-order valence-electron chi connectivity index (χ4n) is 2.46. The van der Waals surface area contributed by atoms with Crippen molar-refractivity contribution in [3.8, 4) is 0 Å². The molecule has 0 atom stereocenters. The van der Waals surface area contributed by atoms with E-state index < -0.39 is 0 Å². The van der Waals surface area contributed by atoms with Crippen LogP contribution in [0.25, 0.3) is 0 Å². The SMILES string of the molecule is Cc1cc(C(=O)c2ccccc2)ccc1Nc1ccccc1N. The van der Waals surface area contributed by atoms with Crippen molar-refractivity contribution >= 4 is 22.8 Å². The molecule has 3 heteroatoms. The van der Waals surface area contributed by atoms with Gasteiger partial charge in [-0.25, -0.2) is 0 Å². The van der Waals surface area contributed by atoms with Crippen LogP contribution in [0.15, 0.2) is 72.8 Å². The Kier molecular flexibility index (Phi) is 4.11. The van der Waals surface area contributed by atoms with Crippen LogP contribution in [0.1, 0.15) is 21.5 Å². The minimum Gasteiger partial charge on any atom is -0.397 e. The van der Waals surface area contributed by atoms with E-state index >= 15 is 0 Å². The molecule has 0 spiro atoms. The monoisotopic (exact) mass is 302 g/mol. The Bertz CT molecular complexity index is 841. The number of ketones is 1. The smallest absolute Gasteiger partial charge is 0.193 e. The number of nitrogens with two attached hydrogens (primary N) is 1. The molecule has 0 amide bonds. The van der Waals surface area contributed by atoms with Crippen LogP contribution >= 0.6 is 0 Å². The molecule has 3 aromatic rings. The molecule has 3 aromatic carbocycles. The van der Waals surface area contributed by atoms with Crippen molar-refractivity contribution in [1.82, 2.24) is 0 Å². The number of aryl methyl sites for hydroxylation is 1. The molecule has 0 saturated heterocycles. The highest BCUT2D eigenvalue weighted by molar-refractivity contribution is 6.09. The van der Waals surface area contributed by atoms with Gasteiger partial charge < -0.3 is 11.1 Å². The normalized spacial score (nSPS) is 10.3. The maximum absolute atomic E-state index is 12.5. The van der Waals surface area contributed by atoms with Crippen molar-refractivity contribution in [3.63, 3.8) is 0 Å². The van der Waals surface area contributed by atoms with Gasteiger partial charge in [0.25, 0.3) is 0 Å². The average molecular weight is 302 g/mol. The second-order valence-corrected chi connectivity index (χ2v) is 5.44. The van der Waals surface area contributed by atoms with Gasteiger partial charge in [0, 0.05) is 16.8 Å². The van der Waals surface area contributed by atoms with Gasteiger partial charge in [-0.05, 0) is 42.8 Å². The number of hydrogen-bond acceptors (Lipinski definition) is 3. The minimum absolute atomic E-state index is 0.0273. The zero-order valence-corrected chi connectivity index (χ0v) is 12.9. The van der Waals surface area contributed by atoms with Gasteiger partial charge in [-0.3, -0.25) is 4.79 Å². The van der Waals surface area contributed by atoms with Crippen molar-refractivity contribution < 1.29 is 4.79 Å². The Hall–Kier alpha value is -3.07. The second-order valence-electron chi connectivity index (χ2n) is 5.44. The van der Waals surface area contributed by atoms with Crippen LogP contribution < -0.4 is 11.1 Å². The van der Waals surface area contributed by atoms with E-state index in [9.17, 15) is 4.79 Å². The lowest BCUT2D eigenvalue weighted by Gasteiger charge is -2.12. The Morgan fingerprint density at radius 1 is 0.826 bits per heavy atom. The third-order valence-electron chi connectivity index (χ3n) is 3.75. The van der Waals surface area contributed by atoms with Crippen LogP contribution in [0.3, 0.4) is 0 Å². The standard InChI is InChI=1S/C20H18N2O/c1-14-13-16(20(23)15-7-3-2-4-8-15)11-12-18(14)22-19-10-6-5-9-17(19)21/h2-13,22H,21H2,1H3. The first-order chi connectivity index (χ1) is 11.1. The first-order valence-electron chi connectivity index (χ1n) is 7.47. The molecule has 0 radical (unpaired) electrons. The first-order valence-corrected chi connectivity index (χ1v) is 7.47. The molecule has 23 heavy (non-hydrogen) atoms. The molecule has 0 unspecified atom stereocenters. The predicted octanol–water partition coefficient (Wildman–Crippen LogP) is 4.55. The second kappa shape index (κ2) is 6.36. The molecule has 114 valence electrons. The summed E-state index contributed by atoms with van der Waals surface area (Å²) in [6.07, 6.45) is 0. The van der Waals surface area contributed by atoms with Gasteiger partial charge in [0.15, 0.2) is 5.78 Å². The zero-order chi connectivity index (χ0) is 16.2. The summed E-state index contributed by atoms with van der Waals surface area (Å²) in [6.45, 7) is 1.98. The highest BCUT2D eigenvalue weighted by Gasteiger charge is 2.10. The molecule has 3 rings (SSSR count). The summed E-state index contributed by atoms with van der Waals surface area (Å²) < 4.78 is 0. The topological polar surface area (TPSA) is 55.1 Å². The number of nitrogens with one attached hydrogen (secondary N) is 1. The van der Waals surface area contributed by atoms with Crippen molar-refractivity contribution in [3.05, 3.63) is 89.5 Å². The van der Waals surface area contributed by atoms with Gasteiger partial charge in [-0.1, -0.05) is 42.5 Å². The summed E-state index contributed by atoms with van der Waals surface area (Å²) in [5.41, 5.74) is 10.8. The maximum Gasteiger partial charge on any atom is 0.193 e. The fourth-order valence-corrected chi connectivity index (χ4v) is 2.46. The van der Waals surface area contributed by atoms with Gasteiger partial charge >= 0.3 is 0 Å². The number of hydrogen-bond donors (Lipinski definition) is 2. The molecule has 3 nitrogen and oxygen atoms in total. The van der Waals surface area contributed by atoms with E-state index in [1.165, 1.54) is 0 Å². The summed E-state index contributed by atoms with van der Waals surface area (Å²) >= 11 is 0. The molecule has 0 aliphatic heterocycles. The lowest BCUT2D eigenvalue weighted by molar-refractivity contribution is 0.103. The van der Waals surface area contributed by atoms with Crippen molar-refractivity contribution in [1.29, 1.82) is 0 Å². The molecule has 0 aliphatic rings.